The summed E-state index contributed by atoms with van der Waals surface area (Å²) in [6, 6.07) is 4.92. The number of nitrogens with one attached hydrogen (secondary N) is 1. The maximum atomic E-state index is 13.8. The molecule has 1 aliphatic rings. The fraction of sp³-hybridized carbons (Fsp3) is 0.667. The lowest BCUT2D eigenvalue weighted by Gasteiger charge is -2.33. The van der Waals surface area contributed by atoms with Crippen molar-refractivity contribution in [1.82, 2.24) is 10.2 Å². The summed E-state index contributed by atoms with van der Waals surface area (Å²) >= 11 is 0. The van der Waals surface area contributed by atoms with E-state index in [1.807, 2.05) is 0 Å². The number of halogens is 2. The summed E-state index contributed by atoms with van der Waals surface area (Å²) in [6.45, 7) is 9.48. The van der Waals surface area contributed by atoms with Crippen LogP contribution >= 0.6 is 0 Å². The van der Waals surface area contributed by atoms with E-state index in [2.05, 4.69) is 31.0 Å². The average molecular weight is 382 g/mol. The van der Waals surface area contributed by atoms with Gasteiger partial charge < -0.3 is 10.1 Å². The van der Waals surface area contributed by atoms with Gasteiger partial charge in [0.25, 0.3) is 0 Å². The van der Waals surface area contributed by atoms with Gasteiger partial charge in [0.2, 0.25) is 0 Å². The number of esters is 1. The van der Waals surface area contributed by atoms with Crippen molar-refractivity contribution in [3.8, 4) is 0 Å². The van der Waals surface area contributed by atoms with E-state index in [0.29, 0.717) is 19.1 Å². The highest BCUT2D eigenvalue weighted by Crippen LogP contribution is 2.35. The summed E-state index contributed by atoms with van der Waals surface area (Å²) < 4.78 is 32.1. The second kappa shape index (κ2) is 10.1. The second-order valence-electron chi connectivity index (χ2n) is 7.61. The van der Waals surface area contributed by atoms with Crippen molar-refractivity contribution in [2.45, 2.75) is 77.5 Å². The Morgan fingerprint density at radius 1 is 1.30 bits per heavy atom. The minimum absolute atomic E-state index is 0.00704. The molecule has 0 radical (unpaired) electrons. The monoisotopic (exact) mass is 382 g/mol. The number of benzene rings is 1. The van der Waals surface area contributed by atoms with Crippen LogP contribution in [0.15, 0.2) is 18.2 Å². The first-order chi connectivity index (χ1) is 12.8. The molecule has 6 heteroatoms. The molecule has 1 heterocycles. The van der Waals surface area contributed by atoms with Crippen LogP contribution in [0.5, 0.6) is 0 Å². The highest BCUT2D eigenvalue weighted by molar-refractivity contribution is 5.69. The molecule has 152 valence electrons. The van der Waals surface area contributed by atoms with Gasteiger partial charge in [0, 0.05) is 31.1 Å². The molecule has 1 aromatic rings. The Hall–Kier alpha value is -1.53. The molecule has 4 nitrogen and oxygen atoms in total. The minimum Gasteiger partial charge on any atom is -0.466 e. The van der Waals surface area contributed by atoms with E-state index < -0.39 is 11.6 Å². The van der Waals surface area contributed by atoms with E-state index in [1.165, 1.54) is 12.1 Å². The van der Waals surface area contributed by atoms with Crippen molar-refractivity contribution >= 4 is 5.97 Å². The molecule has 2 rings (SSSR count). The maximum absolute atomic E-state index is 13.8. The SMILES string of the molecule is CCOC(=O)CCCC(C)NC1CCN(C(C)C)C1c1ccc(F)c(F)c1. The first kappa shape index (κ1) is 21.8. The molecule has 0 saturated carbocycles. The van der Waals surface area contributed by atoms with Crippen molar-refractivity contribution in [2.75, 3.05) is 13.2 Å². The summed E-state index contributed by atoms with van der Waals surface area (Å²) in [7, 11) is 0. The zero-order chi connectivity index (χ0) is 20.0. The smallest absolute Gasteiger partial charge is 0.305 e. The molecule has 0 spiro atoms. The number of rotatable bonds is 9. The van der Waals surface area contributed by atoms with Gasteiger partial charge in [0.1, 0.15) is 0 Å². The number of likely N-dealkylation sites (tertiary alicyclic amines) is 1. The van der Waals surface area contributed by atoms with Crippen molar-refractivity contribution in [2.24, 2.45) is 0 Å². The zero-order valence-corrected chi connectivity index (χ0v) is 16.8. The lowest BCUT2D eigenvalue weighted by atomic mass is 9.97. The van der Waals surface area contributed by atoms with Crippen LogP contribution in [0, 0.1) is 11.6 Å². The van der Waals surface area contributed by atoms with E-state index >= 15 is 0 Å². The van der Waals surface area contributed by atoms with E-state index in [9.17, 15) is 13.6 Å². The molecule has 1 fully saturated rings. The summed E-state index contributed by atoms with van der Waals surface area (Å²) in [5.74, 6) is -1.77. The van der Waals surface area contributed by atoms with Gasteiger partial charge in [-0.15, -0.1) is 0 Å². The lowest BCUT2D eigenvalue weighted by molar-refractivity contribution is -0.143. The van der Waals surface area contributed by atoms with Crippen LogP contribution in [-0.4, -0.2) is 42.1 Å². The average Bonchev–Trinajstić information content (AvgIpc) is 3.01. The summed E-state index contributed by atoms with van der Waals surface area (Å²) in [6.07, 6.45) is 3.00. The fourth-order valence-corrected chi connectivity index (χ4v) is 3.92. The Morgan fingerprint density at radius 3 is 2.67 bits per heavy atom. The van der Waals surface area contributed by atoms with Crippen LogP contribution in [0.25, 0.3) is 0 Å². The normalized spacial score (nSPS) is 21.6. The van der Waals surface area contributed by atoms with Gasteiger partial charge in [-0.05, 0) is 64.7 Å². The molecule has 1 aliphatic heterocycles. The van der Waals surface area contributed by atoms with Gasteiger partial charge in [-0.1, -0.05) is 6.07 Å². The number of carbonyl (C=O) groups is 1. The van der Waals surface area contributed by atoms with Crippen LogP contribution in [0.4, 0.5) is 8.78 Å². The molecule has 0 aliphatic carbocycles. The molecule has 3 atom stereocenters. The first-order valence-electron chi connectivity index (χ1n) is 9.95. The Balaban J connectivity index is 2.01. The quantitative estimate of drug-likeness (QED) is 0.650. The molecule has 1 N–H and O–H groups in total. The molecular weight excluding hydrogens is 350 g/mol. The molecule has 27 heavy (non-hydrogen) atoms. The number of hydrogen-bond acceptors (Lipinski definition) is 4. The van der Waals surface area contributed by atoms with Crippen LogP contribution in [0.3, 0.4) is 0 Å². The molecule has 0 amide bonds. The number of ether oxygens (including phenoxy) is 1. The summed E-state index contributed by atoms with van der Waals surface area (Å²) in [5, 5.41) is 3.64. The van der Waals surface area contributed by atoms with Gasteiger partial charge in [0.05, 0.1) is 12.6 Å². The molecule has 3 unspecified atom stereocenters. The van der Waals surface area contributed by atoms with Gasteiger partial charge in [-0.3, -0.25) is 9.69 Å². The lowest BCUT2D eigenvalue weighted by Crippen LogP contribution is -2.42. The predicted molar refractivity (Wildman–Crippen MR) is 102 cm³/mol. The van der Waals surface area contributed by atoms with Gasteiger partial charge in [-0.25, -0.2) is 8.78 Å². The van der Waals surface area contributed by atoms with Gasteiger partial charge in [0.15, 0.2) is 11.6 Å². The Kier molecular flexibility index (Phi) is 8.17. The van der Waals surface area contributed by atoms with Crippen LogP contribution in [0.1, 0.15) is 65.0 Å². The van der Waals surface area contributed by atoms with Crippen LogP contribution in [0.2, 0.25) is 0 Å². The first-order valence-corrected chi connectivity index (χ1v) is 9.95. The molecule has 0 aromatic heterocycles. The Bertz CT molecular complexity index is 624. The van der Waals surface area contributed by atoms with Crippen molar-refractivity contribution in [1.29, 1.82) is 0 Å². The highest BCUT2D eigenvalue weighted by Gasteiger charge is 2.37. The van der Waals surface area contributed by atoms with E-state index in [-0.39, 0.29) is 24.1 Å². The van der Waals surface area contributed by atoms with Gasteiger partial charge in [-0.2, -0.15) is 0 Å². The standard InChI is InChI=1S/C21H32F2N2O2/c1-5-27-20(26)8-6-7-15(4)24-19-11-12-25(14(2)3)21(19)16-9-10-17(22)18(23)13-16/h9-10,13-15,19,21,24H,5-8,11-12H2,1-4H3. The number of carbonyl (C=O) groups excluding carboxylic acids is 1. The van der Waals surface area contributed by atoms with Crippen molar-refractivity contribution in [3.63, 3.8) is 0 Å². The topological polar surface area (TPSA) is 41.6 Å². The Labute approximate surface area is 161 Å². The minimum atomic E-state index is -0.815. The maximum Gasteiger partial charge on any atom is 0.305 e. The molecule has 0 bridgehead atoms. The zero-order valence-electron chi connectivity index (χ0n) is 16.8. The largest absolute Gasteiger partial charge is 0.466 e. The summed E-state index contributed by atoms with van der Waals surface area (Å²) in [4.78, 5) is 13.8. The molecule has 1 aromatic carbocycles. The molecular formula is C21H32F2N2O2. The fourth-order valence-electron chi connectivity index (χ4n) is 3.92. The van der Waals surface area contributed by atoms with Crippen LogP contribution in [-0.2, 0) is 9.53 Å². The van der Waals surface area contributed by atoms with Gasteiger partial charge >= 0.3 is 5.97 Å². The van der Waals surface area contributed by atoms with Crippen molar-refractivity contribution < 1.29 is 18.3 Å². The Morgan fingerprint density at radius 2 is 2.04 bits per heavy atom. The van der Waals surface area contributed by atoms with Crippen LogP contribution < -0.4 is 5.32 Å². The molecule has 1 saturated heterocycles. The van der Waals surface area contributed by atoms with E-state index in [1.54, 1.807) is 13.0 Å². The third kappa shape index (κ3) is 5.98. The highest BCUT2D eigenvalue weighted by atomic mass is 19.2. The third-order valence-corrected chi connectivity index (χ3v) is 5.21. The van der Waals surface area contributed by atoms with E-state index in [0.717, 1.165) is 31.4 Å². The van der Waals surface area contributed by atoms with Crippen molar-refractivity contribution in [3.05, 3.63) is 35.4 Å². The number of hydrogen-bond donors (Lipinski definition) is 1. The third-order valence-electron chi connectivity index (χ3n) is 5.21. The number of nitrogens with zero attached hydrogens (tertiary/aromatic N) is 1. The summed E-state index contributed by atoms with van der Waals surface area (Å²) in [5.41, 5.74) is 0.802. The predicted octanol–water partition coefficient (Wildman–Crippen LogP) is 4.20. The second-order valence-corrected chi connectivity index (χ2v) is 7.61. The van der Waals surface area contributed by atoms with E-state index in [4.69, 9.17) is 4.74 Å².